The van der Waals surface area contributed by atoms with Crippen LogP contribution in [0.2, 0.25) is 0 Å². The van der Waals surface area contributed by atoms with Crippen molar-refractivity contribution in [3.05, 3.63) is 70.3 Å². The SMILES string of the molecule is Cc1ccc(CCC(=O)N[C@@H](C)c2ccccc2C)cc1C. The van der Waals surface area contributed by atoms with Crippen LogP contribution in [-0.4, -0.2) is 5.91 Å². The average Bonchev–Trinajstić information content (AvgIpc) is 2.49. The first-order chi connectivity index (χ1) is 10.5. The number of nitrogens with one attached hydrogen (secondary N) is 1. The number of benzene rings is 2. The molecule has 22 heavy (non-hydrogen) atoms. The van der Waals surface area contributed by atoms with Crippen LogP contribution in [0, 0.1) is 20.8 Å². The van der Waals surface area contributed by atoms with E-state index in [0.29, 0.717) is 6.42 Å². The summed E-state index contributed by atoms with van der Waals surface area (Å²) < 4.78 is 0. The molecule has 1 N–H and O–H groups in total. The van der Waals surface area contributed by atoms with E-state index >= 15 is 0 Å². The Kier molecular flexibility index (Phi) is 5.37. The average molecular weight is 295 g/mol. The van der Waals surface area contributed by atoms with Gasteiger partial charge in [-0.25, -0.2) is 0 Å². The Bertz CT molecular complexity index is 661. The van der Waals surface area contributed by atoms with Crippen LogP contribution in [0.4, 0.5) is 0 Å². The topological polar surface area (TPSA) is 29.1 Å². The Morgan fingerprint density at radius 3 is 2.41 bits per heavy atom. The van der Waals surface area contributed by atoms with E-state index in [2.05, 4.69) is 56.4 Å². The lowest BCUT2D eigenvalue weighted by Crippen LogP contribution is -2.27. The van der Waals surface area contributed by atoms with E-state index in [-0.39, 0.29) is 11.9 Å². The standard InChI is InChI=1S/C20H25NO/c1-14-9-10-18(13-16(14)3)11-12-20(22)21-17(4)19-8-6-5-7-15(19)2/h5-10,13,17H,11-12H2,1-4H3,(H,21,22)/t17-/m0/s1. The third-order valence-electron chi connectivity index (χ3n) is 4.24. The van der Waals surface area contributed by atoms with Crippen molar-refractivity contribution in [2.45, 2.75) is 46.6 Å². The first-order valence-corrected chi connectivity index (χ1v) is 7.88. The molecule has 0 heterocycles. The summed E-state index contributed by atoms with van der Waals surface area (Å²) in [5.41, 5.74) is 6.20. The molecule has 0 bridgehead atoms. The van der Waals surface area contributed by atoms with Gasteiger partial charge in [0.1, 0.15) is 0 Å². The largest absolute Gasteiger partial charge is 0.350 e. The number of aryl methyl sites for hydroxylation is 4. The molecule has 1 amide bonds. The van der Waals surface area contributed by atoms with Crippen molar-refractivity contribution in [2.75, 3.05) is 0 Å². The molecule has 2 heteroatoms. The molecule has 0 aliphatic carbocycles. The van der Waals surface area contributed by atoms with Crippen LogP contribution in [0.3, 0.4) is 0 Å². The maximum Gasteiger partial charge on any atom is 0.220 e. The highest BCUT2D eigenvalue weighted by molar-refractivity contribution is 5.76. The third kappa shape index (κ3) is 4.20. The summed E-state index contributed by atoms with van der Waals surface area (Å²) in [5.74, 6) is 0.106. The van der Waals surface area contributed by atoms with E-state index in [1.165, 1.54) is 27.8 Å². The van der Waals surface area contributed by atoms with Crippen molar-refractivity contribution in [1.82, 2.24) is 5.32 Å². The second-order valence-corrected chi connectivity index (χ2v) is 6.06. The Balaban J connectivity index is 1.90. The van der Waals surface area contributed by atoms with E-state index < -0.39 is 0 Å². The second kappa shape index (κ2) is 7.26. The lowest BCUT2D eigenvalue weighted by Gasteiger charge is -2.16. The van der Waals surface area contributed by atoms with Crippen molar-refractivity contribution in [2.24, 2.45) is 0 Å². The first-order valence-electron chi connectivity index (χ1n) is 7.88. The summed E-state index contributed by atoms with van der Waals surface area (Å²) in [6.07, 6.45) is 1.31. The molecule has 2 nitrogen and oxygen atoms in total. The van der Waals surface area contributed by atoms with Gasteiger partial charge in [0.05, 0.1) is 6.04 Å². The van der Waals surface area contributed by atoms with Crippen molar-refractivity contribution < 1.29 is 4.79 Å². The van der Waals surface area contributed by atoms with Crippen molar-refractivity contribution in [3.63, 3.8) is 0 Å². The van der Waals surface area contributed by atoms with E-state index in [4.69, 9.17) is 0 Å². The van der Waals surface area contributed by atoms with Gasteiger partial charge < -0.3 is 5.32 Å². The molecule has 2 aromatic rings. The van der Waals surface area contributed by atoms with Crippen molar-refractivity contribution in [1.29, 1.82) is 0 Å². The quantitative estimate of drug-likeness (QED) is 0.869. The Morgan fingerprint density at radius 2 is 1.73 bits per heavy atom. The highest BCUT2D eigenvalue weighted by atomic mass is 16.1. The van der Waals surface area contributed by atoms with Crippen molar-refractivity contribution in [3.8, 4) is 0 Å². The number of hydrogen-bond acceptors (Lipinski definition) is 1. The number of hydrogen-bond donors (Lipinski definition) is 1. The molecular formula is C20H25NO. The van der Waals surface area contributed by atoms with Gasteiger partial charge in [-0.1, -0.05) is 42.5 Å². The van der Waals surface area contributed by atoms with Crippen LogP contribution in [0.1, 0.15) is 47.2 Å². The van der Waals surface area contributed by atoms with Gasteiger partial charge in [0.25, 0.3) is 0 Å². The van der Waals surface area contributed by atoms with E-state index in [1.807, 2.05) is 19.1 Å². The smallest absolute Gasteiger partial charge is 0.220 e. The zero-order valence-electron chi connectivity index (χ0n) is 13.9. The third-order valence-corrected chi connectivity index (χ3v) is 4.24. The fourth-order valence-electron chi connectivity index (χ4n) is 2.68. The molecule has 0 aromatic heterocycles. The highest BCUT2D eigenvalue weighted by Gasteiger charge is 2.11. The van der Waals surface area contributed by atoms with Gasteiger partial charge in [0.15, 0.2) is 0 Å². The first kappa shape index (κ1) is 16.3. The van der Waals surface area contributed by atoms with Gasteiger partial charge in [-0.3, -0.25) is 4.79 Å². The summed E-state index contributed by atoms with van der Waals surface area (Å²) in [5, 5.41) is 3.09. The van der Waals surface area contributed by atoms with Gasteiger partial charge in [-0.05, 0) is 61.9 Å². The summed E-state index contributed by atoms with van der Waals surface area (Å²) in [6.45, 7) is 8.33. The number of amides is 1. The zero-order valence-corrected chi connectivity index (χ0v) is 13.9. The van der Waals surface area contributed by atoms with Crippen LogP contribution < -0.4 is 5.32 Å². The summed E-state index contributed by atoms with van der Waals surface area (Å²) in [6, 6.07) is 14.6. The minimum absolute atomic E-state index is 0.0495. The van der Waals surface area contributed by atoms with E-state index in [1.54, 1.807) is 0 Å². The highest BCUT2D eigenvalue weighted by Crippen LogP contribution is 2.17. The van der Waals surface area contributed by atoms with Crippen LogP contribution >= 0.6 is 0 Å². The summed E-state index contributed by atoms with van der Waals surface area (Å²) >= 11 is 0. The Labute approximate surface area is 133 Å². The molecule has 2 aromatic carbocycles. The van der Waals surface area contributed by atoms with Gasteiger partial charge in [0, 0.05) is 6.42 Å². The predicted octanol–water partition coefficient (Wildman–Crippen LogP) is 4.42. The molecule has 0 spiro atoms. The van der Waals surface area contributed by atoms with Crippen molar-refractivity contribution >= 4 is 5.91 Å². The lowest BCUT2D eigenvalue weighted by atomic mass is 10.0. The molecule has 0 aliphatic rings. The molecule has 2 rings (SSSR count). The van der Waals surface area contributed by atoms with Gasteiger partial charge in [-0.15, -0.1) is 0 Å². The molecule has 0 radical (unpaired) electrons. The predicted molar refractivity (Wildman–Crippen MR) is 92.0 cm³/mol. The van der Waals surface area contributed by atoms with Crippen LogP contribution in [0.15, 0.2) is 42.5 Å². The molecule has 1 atom stereocenters. The van der Waals surface area contributed by atoms with Gasteiger partial charge in [-0.2, -0.15) is 0 Å². The number of carbonyl (C=O) groups excluding carboxylic acids is 1. The van der Waals surface area contributed by atoms with E-state index in [0.717, 1.165) is 6.42 Å². The van der Waals surface area contributed by atoms with Gasteiger partial charge in [0.2, 0.25) is 5.91 Å². The monoisotopic (exact) mass is 295 g/mol. The lowest BCUT2D eigenvalue weighted by molar-refractivity contribution is -0.121. The number of rotatable bonds is 5. The maximum atomic E-state index is 12.2. The Morgan fingerprint density at radius 1 is 1.00 bits per heavy atom. The van der Waals surface area contributed by atoms with Crippen LogP contribution in [-0.2, 0) is 11.2 Å². The fourth-order valence-corrected chi connectivity index (χ4v) is 2.68. The summed E-state index contributed by atoms with van der Waals surface area (Å²) in [4.78, 5) is 12.2. The molecule has 0 saturated carbocycles. The second-order valence-electron chi connectivity index (χ2n) is 6.06. The zero-order chi connectivity index (χ0) is 16.1. The minimum atomic E-state index is 0.0495. The van der Waals surface area contributed by atoms with E-state index in [9.17, 15) is 4.79 Å². The summed E-state index contributed by atoms with van der Waals surface area (Å²) in [7, 11) is 0. The molecule has 0 fully saturated rings. The van der Waals surface area contributed by atoms with Gasteiger partial charge >= 0.3 is 0 Å². The normalized spacial score (nSPS) is 12.0. The molecular weight excluding hydrogens is 270 g/mol. The number of carbonyl (C=O) groups is 1. The molecule has 0 saturated heterocycles. The molecule has 0 unspecified atom stereocenters. The maximum absolute atomic E-state index is 12.2. The van der Waals surface area contributed by atoms with Crippen LogP contribution in [0.5, 0.6) is 0 Å². The minimum Gasteiger partial charge on any atom is -0.350 e. The fraction of sp³-hybridized carbons (Fsp3) is 0.350. The Hall–Kier alpha value is -2.09. The molecule has 0 aliphatic heterocycles. The van der Waals surface area contributed by atoms with Crippen LogP contribution in [0.25, 0.3) is 0 Å². The molecule has 116 valence electrons.